The fourth-order valence-electron chi connectivity index (χ4n) is 1.53. The summed E-state index contributed by atoms with van der Waals surface area (Å²) in [5.74, 6) is -0.134. The number of nitrogens with zero attached hydrogens (tertiary/aromatic N) is 1. The van der Waals surface area contributed by atoms with Crippen LogP contribution in [0.4, 0.5) is 0 Å². The predicted molar refractivity (Wildman–Crippen MR) is 74.8 cm³/mol. The van der Waals surface area contributed by atoms with E-state index in [-0.39, 0.29) is 16.4 Å². The maximum atomic E-state index is 11.9. The van der Waals surface area contributed by atoms with E-state index in [4.69, 9.17) is 0 Å². The Balaban J connectivity index is 2.20. The molecule has 0 fully saturated rings. The van der Waals surface area contributed by atoms with Crippen LogP contribution in [0.3, 0.4) is 0 Å². The maximum Gasteiger partial charge on any atom is 0.358 e. The molecule has 20 heavy (non-hydrogen) atoms. The van der Waals surface area contributed by atoms with E-state index < -0.39 is 10.1 Å². The Morgan fingerprint density at radius 1 is 1.05 bits per heavy atom. The van der Waals surface area contributed by atoms with Gasteiger partial charge in [0.15, 0.2) is 5.78 Å². The molecule has 1 aromatic rings. The van der Waals surface area contributed by atoms with Crippen LogP contribution in [0, 0.1) is 6.92 Å². The average Bonchev–Trinajstić information content (AvgIpc) is 2.41. The lowest BCUT2D eigenvalue weighted by molar-refractivity contribution is -0.111. The van der Waals surface area contributed by atoms with Crippen molar-refractivity contribution in [3.63, 3.8) is 0 Å². The van der Waals surface area contributed by atoms with Gasteiger partial charge in [0, 0.05) is 0 Å². The molecule has 0 N–H and O–H groups in total. The monoisotopic (exact) mass is 291 g/mol. The number of ketones is 1. The van der Waals surface area contributed by atoms with Crippen molar-refractivity contribution >= 4 is 21.6 Å². The molecule has 0 aromatic heterocycles. The molecule has 104 valence electrons. The van der Waals surface area contributed by atoms with Crippen LogP contribution in [-0.4, -0.2) is 19.9 Å². The molecule has 2 rings (SSSR count). The van der Waals surface area contributed by atoms with Crippen LogP contribution in [0.1, 0.15) is 12.5 Å². The molecule has 0 saturated carbocycles. The fourth-order valence-corrected chi connectivity index (χ4v) is 2.27. The molecule has 1 aromatic carbocycles. The molecule has 0 atom stereocenters. The van der Waals surface area contributed by atoms with Crippen molar-refractivity contribution in [3.8, 4) is 0 Å². The van der Waals surface area contributed by atoms with Gasteiger partial charge >= 0.3 is 10.1 Å². The molecule has 1 aliphatic rings. The number of carbonyl (C=O) groups excluding carboxylic acids is 1. The summed E-state index contributed by atoms with van der Waals surface area (Å²) >= 11 is 0. The van der Waals surface area contributed by atoms with E-state index in [1.54, 1.807) is 19.1 Å². The zero-order valence-corrected chi connectivity index (χ0v) is 11.8. The largest absolute Gasteiger partial charge is 0.358 e. The SMILES string of the molecule is CC1=CC(=NOS(=O)(=O)c2ccc(C)cc2)C=CC1=O. The molecular formula is C14H13NO4S. The molecule has 0 spiro atoms. The van der Waals surface area contributed by atoms with Gasteiger partial charge in [-0.15, -0.1) is 0 Å². The minimum atomic E-state index is -3.94. The third kappa shape index (κ3) is 3.21. The van der Waals surface area contributed by atoms with Gasteiger partial charge in [-0.3, -0.25) is 9.08 Å². The molecule has 0 heterocycles. The first-order valence-electron chi connectivity index (χ1n) is 5.87. The number of oxime groups is 1. The first-order chi connectivity index (χ1) is 9.38. The number of hydrogen-bond acceptors (Lipinski definition) is 5. The Bertz CT molecular complexity index is 725. The molecule has 5 nitrogen and oxygen atoms in total. The van der Waals surface area contributed by atoms with Crippen molar-refractivity contribution in [1.82, 2.24) is 0 Å². The molecule has 0 saturated heterocycles. The summed E-state index contributed by atoms with van der Waals surface area (Å²) in [6.07, 6.45) is 4.18. The quantitative estimate of drug-likeness (QED) is 0.632. The van der Waals surface area contributed by atoms with Crippen LogP contribution < -0.4 is 0 Å². The highest BCUT2D eigenvalue weighted by Crippen LogP contribution is 2.14. The second kappa shape index (κ2) is 5.42. The van der Waals surface area contributed by atoms with E-state index >= 15 is 0 Å². The highest BCUT2D eigenvalue weighted by atomic mass is 32.2. The number of rotatable bonds is 3. The van der Waals surface area contributed by atoms with Crippen molar-refractivity contribution in [2.45, 2.75) is 18.7 Å². The van der Waals surface area contributed by atoms with Crippen molar-refractivity contribution in [3.05, 3.63) is 53.6 Å². The molecule has 1 aliphatic carbocycles. The lowest BCUT2D eigenvalue weighted by atomic mass is 10.1. The second-order valence-electron chi connectivity index (χ2n) is 4.38. The van der Waals surface area contributed by atoms with Crippen molar-refractivity contribution in [2.24, 2.45) is 5.16 Å². The lowest BCUT2D eigenvalue weighted by Gasteiger charge is -2.05. The van der Waals surface area contributed by atoms with Gasteiger partial charge in [-0.1, -0.05) is 22.9 Å². The summed E-state index contributed by atoms with van der Waals surface area (Å²) in [6.45, 7) is 3.48. The number of aryl methyl sites for hydroxylation is 1. The van der Waals surface area contributed by atoms with Gasteiger partial charge in [0.1, 0.15) is 10.6 Å². The number of benzene rings is 1. The number of carbonyl (C=O) groups is 1. The van der Waals surface area contributed by atoms with Gasteiger partial charge in [0.2, 0.25) is 0 Å². The van der Waals surface area contributed by atoms with Gasteiger partial charge in [-0.05, 0) is 49.8 Å². The average molecular weight is 291 g/mol. The van der Waals surface area contributed by atoms with E-state index in [9.17, 15) is 13.2 Å². The molecule has 0 aliphatic heterocycles. The van der Waals surface area contributed by atoms with Crippen LogP contribution in [0.25, 0.3) is 0 Å². The lowest BCUT2D eigenvalue weighted by Crippen LogP contribution is -2.08. The molecule has 0 unspecified atom stereocenters. The maximum absolute atomic E-state index is 11.9. The smallest absolute Gasteiger partial charge is 0.290 e. The first kappa shape index (κ1) is 14.2. The highest BCUT2D eigenvalue weighted by molar-refractivity contribution is 7.86. The van der Waals surface area contributed by atoms with E-state index in [0.717, 1.165) is 5.56 Å². The van der Waals surface area contributed by atoms with Crippen molar-refractivity contribution < 1.29 is 17.5 Å². The summed E-state index contributed by atoms with van der Waals surface area (Å²) in [7, 11) is -3.94. The predicted octanol–water partition coefficient (Wildman–Crippen LogP) is 2.14. The van der Waals surface area contributed by atoms with Gasteiger partial charge in [0.25, 0.3) is 0 Å². The molecule has 0 amide bonds. The standard InChI is InChI=1S/C14H13NO4S/c1-10-3-6-13(7-4-10)20(17,18)19-15-12-5-8-14(16)11(2)9-12/h3-9H,1-2H3. The Kier molecular flexibility index (Phi) is 3.85. The van der Waals surface area contributed by atoms with Gasteiger partial charge in [-0.2, -0.15) is 8.42 Å². The normalized spacial score (nSPS) is 17.2. The van der Waals surface area contributed by atoms with Crippen LogP contribution in [0.2, 0.25) is 0 Å². The minimum absolute atomic E-state index is 0.0315. The van der Waals surface area contributed by atoms with Gasteiger partial charge in [-0.25, -0.2) is 0 Å². The summed E-state index contributed by atoms with van der Waals surface area (Å²) in [6, 6.07) is 6.25. The number of hydrogen-bond donors (Lipinski definition) is 0. The van der Waals surface area contributed by atoms with Crippen molar-refractivity contribution in [1.29, 1.82) is 0 Å². The van der Waals surface area contributed by atoms with E-state index in [1.807, 2.05) is 6.92 Å². The summed E-state index contributed by atoms with van der Waals surface area (Å²) in [4.78, 5) is 11.3. The van der Waals surface area contributed by atoms with E-state index in [2.05, 4.69) is 9.44 Å². The molecule has 0 bridgehead atoms. The van der Waals surface area contributed by atoms with Crippen LogP contribution in [0.5, 0.6) is 0 Å². The Hall–Kier alpha value is -2.21. The zero-order valence-electron chi connectivity index (χ0n) is 11.0. The van der Waals surface area contributed by atoms with Crippen LogP contribution >= 0.6 is 0 Å². The van der Waals surface area contributed by atoms with Gasteiger partial charge < -0.3 is 0 Å². The van der Waals surface area contributed by atoms with Gasteiger partial charge in [0.05, 0.1) is 0 Å². The van der Waals surface area contributed by atoms with E-state index in [0.29, 0.717) is 5.57 Å². The third-order valence-electron chi connectivity index (χ3n) is 2.71. The zero-order chi connectivity index (χ0) is 14.8. The highest BCUT2D eigenvalue weighted by Gasteiger charge is 2.16. The molecule has 0 radical (unpaired) electrons. The minimum Gasteiger partial charge on any atom is -0.290 e. The Morgan fingerprint density at radius 3 is 2.30 bits per heavy atom. The Labute approximate surface area is 117 Å². The third-order valence-corrected chi connectivity index (χ3v) is 3.83. The van der Waals surface area contributed by atoms with Crippen molar-refractivity contribution in [2.75, 3.05) is 0 Å². The summed E-state index contributed by atoms with van der Waals surface area (Å²) in [5, 5.41) is 3.55. The van der Waals surface area contributed by atoms with Crippen LogP contribution in [0.15, 0.2) is 58.1 Å². The fraction of sp³-hybridized carbons (Fsp3) is 0.143. The number of allylic oxidation sites excluding steroid dienone is 4. The topological polar surface area (TPSA) is 72.8 Å². The molecule has 6 heteroatoms. The second-order valence-corrected chi connectivity index (χ2v) is 5.91. The molecular weight excluding hydrogens is 278 g/mol. The first-order valence-corrected chi connectivity index (χ1v) is 7.28. The summed E-state index contributed by atoms with van der Waals surface area (Å²) < 4.78 is 28.4. The summed E-state index contributed by atoms with van der Waals surface area (Å²) in [5.41, 5.74) is 1.70. The van der Waals surface area contributed by atoms with E-state index in [1.165, 1.54) is 30.4 Å². The van der Waals surface area contributed by atoms with Crippen LogP contribution in [-0.2, 0) is 19.2 Å². The Morgan fingerprint density at radius 2 is 1.70 bits per heavy atom.